The zero-order valence-corrected chi connectivity index (χ0v) is 4.57. The first-order chi connectivity index (χ1) is 3.27. The maximum absolute atomic E-state index is 9.69. The van der Waals surface area contributed by atoms with Crippen LogP contribution in [0.1, 0.15) is 6.42 Å². The summed E-state index contributed by atoms with van der Waals surface area (Å²) < 4.78 is 0. The van der Waals surface area contributed by atoms with E-state index < -0.39 is 5.97 Å². The molecule has 0 fully saturated rings. The summed E-state index contributed by atoms with van der Waals surface area (Å²) in [6, 6.07) is 0. The minimum absolute atomic E-state index is 0.154. The van der Waals surface area contributed by atoms with Crippen LogP contribution in [0.2, 0.25) is 0 Å². The van der Waals surface area contributed by atoms with E-state index in [1.165, 1.54) is 0 Å². The van der Waals surface area contributed by atoms with Crippen LogP contribution >= 0.6 is 11.6 Å². The van der Waals surface area contributed by atoms with Gasteiger partial charge in [-0.05, 0) is 5.75 Å². The second-order valence-electron chi connectivity index (χ2n) is 1.01. The van der Waals surface area contributed by atoms with Gasteiger partial charge < -0.3 is 5.11 Å². The van der Waals surface area contributed by atoms with Crippen LogP contribution in [0.25, 0.3) is 0 Å². The lowest BCUT2D eigenvalue weighted by molar-refractivity contribution is -0.136. The number of hydrogen-bond donors (Lipinski definition) is 1. The molecule has 2 radical (unpaired) electrons. The van der Waals surface area contributed by atoms with Crippen LogP contribution in [0.3, 0.4) is 0 Å². The predicted molar refractivity (Wildman–Crippen MR) is 30.5 cm³/mol. The van der Waals surface area contributed by atoms with Crippen molar-refractivity contribution in [1.82, 2.24) is 0 Å². The topological polar surface area (TPSA) is 37.3 Å². The summed E-state index contributed by atoms with van der Waals surface area (Å²) in [4.78, 5) is 9.69. The molecule has 38 valence electrons. The van der Waals surface area contributed by atoms with Crippen molar-refractivity contribution in [1.29, 1.82) is 0 Å². The molecule has 4 heteroatoms. The first-order valence-corrected chi connectivity index (χ1v) is 2.85. The molecule has 7 heavy (non-hydrogen) atoms. The molecule has 0 aromatic carbocycles. The quantitative estimate of drug-likeness (QED) is 0.538. The van der Waals surface area contributed by atoms with Gasteiger partial charge in [-0.2, -0.15) is 0 Å². The highest BCUT2D eigenvalue weighted by atomic mass is 32.2. The molecule has 0 aromatic heterocycles. The molecule has 0 aromatic rings. The Kier molecular flexibility index (Phi) is 3.99. The molecule has 0 aliphatic rings. The summed E-state index contributed by atoms with van der Waals surface area (Å²) in [5, 5.41) is 7.98. The summed E-state index contributed by atoms with van der Waals surface area (Å²) in [7, 11) is 4.93. The number of aliphatic carboxylic acids is 1. The molecular weight excluding hydrogens is 111 g/mol. The van der Waals surface area contributed by atoms with E-state index in [9.17, 15) is 4.79 Å². The highest BCUT2D eigenvalue weighted by molar-refractivity contribution is 8.19. The molecule has 0 aliphatic heterocycles. The van der Waals surface area contributed by atoms with Gasteiger partial charge in [-0.25, -0.2) is 11.6 Å². The monoisotopic (exact) mass is 116 g/mol. The maximum atomic E-state index is 9.69. The van der Waals surface area contributed by atoms with E-state index in [1.54, 1.807) is 0 Å². The van der Waals surface area contributed by atoms with Gasteiger partial charge in [0, 0.05) is 0 Å². The third kappa shape index (κ3) is 5.88. The van der Waals surface area contributed by atoms with Crippen molar-refractivity contribution in [3.63, 3.8) is 0 Å². The van der Waals surface area contributed by atoms with E-state index in [0.29, 0.717) is 5.75 Å². The number of carbonyl (C=O) groups is 1. The molecule has 2 nitrogen and oxygen atoms in total. The van der Waals surface area contributed by atoms with Crippen LogP contribution < -0.4 is 0 Å². The number of hydrogen-bond acceptors (Lipinski definition) is 2. The fourth-order valence-electron chi connectivity index (χ4n) is 0.146. The zero-order chi connectivity index (χ0) is 5.70. The smallest absolute Gasteiger partial charge is 0.304 e. The van der Waals surface area contributed by atoms with Gasteiger partial charge in [0.05, 0.1) is 6.42 Å². The van der Waals surface area contributed by atoms with E-state index in [0.717, 1.165) is 11.6 Å². The predicted octanol–water partition coefficient (Wildman–Crippen LogP) is 0.278. The molecular formula is C3H5BO2S. The highest BCUT2D eigenvalue weighted by Gasteiger charge is 1.90. The lowest BCUT2D eigenvalue weighted by Crippen LogP contribution is -1.94. The molecule has 0 heterocycles. The fourth-order valence-corrected chi connectivity index (χ4v) is 0.439. The minimum atomic E-state index is -0.794. The third-order valence-corrected chi connectivity index (χ3v) is 0.874. The van der Waals surface area contributed by atoms with Crippen molar-refractivity contribution < 1.29 is 9.90 Å². The Bertz CT molecular complexity index is 66.0. The molecule has 0 aliphatic carbocycles. The van der Waals surface area contributed by atoms with Crippen molar-refractivity contribution in [2.24, 2.45) is 0 Å². The van der Waals surface area contributed by atoms with E-state index in [2.05, 4.69) is 0 Å². The van der Waals surface area contributed by atoms with Gasteiger partial charge in [-0.3, -0.25) is 4.79 Å². The Labute approximate surface area is 47.6 Å². The third-order valence-electron chi connectivity index (χ3n) is 0.434. The normalized spacial score (nSPS) is 8.57. The molecule has 0 rings (SSSR count). The zero-order valence-electron chi connectivity index (χ0n) is 3.76. The Morgan fingerprint density at radius 3 is 2.57 bits per heavy atom. The first kappa shape index (κ1) is 6.88. The van der Waals surface area contributed by atoms with Crippen LogP contribution in [0.15, 0.2) is 0 Å². The van der Waals surface area contributed by atoms with Gasteiger partial charge in [0.25, 0.3) is 0 Å². The summed E-state index contributed by atoms with van der Waals surface area (Å²) in [6.07, 6.45) is 0.154. The maximum Gasteiger partial charge on any atom is 0.304 e. The summed E-state index contributed by atoms with van der Waals surface area (Å²) in [6.45, 7) is 0. The van der Waals surface area contributed by atoms with E-state index in [-0.39, 0.29) is 6.42 Å². The Morgan fingerprint density at radius 1 is 1.86 bits per heavy atom. The van der Waals surface area contributed by atoms with Crippen molar-refractivity contribution >= 4 is 24.7 Å². The molecule has 0 atom stereocenters. The highest BCUT2D eigenvalue weighted by Crippen LogP contribution is 1.92. The van der Waals surface area contributed by atoms with Crippen molar-refractivity contribution in [3.05, 3.63) is 0 Å². The van der Waals surface area contributed by atoms with Gasteiger partial charge in [0.1, 0.15) is 0 Å². The Morgan fingerprint density at radius 2 is 2.43 bits per heavy atom. The molecule has 1 N–H and O–H groups in total. The average molecular weight is 116 g/mol. The van der Waals surface area contributed by atoms with E-state index >= 15 is 0 Å². The standard InChI is InChI=1S/C3H5BO2S/c4-7-2-1-3(5)6/h1-2H2,(H,5,6). The van der Waals surface area contributed by atoms with Crippen molar-refractivity contribution in [3.8, 4) is 0 Å². The van der Waals surface area contributed by atoms with Gasteiger partial charge in [-0.1, -0.05) is 0 Å². The molecule has 0 unspecified atom stereocenters. The first-order valence-electron chi connectivity index (χ1n) is 1.81. The van der Waals surface area contributed by atoms with Crippen LogP contribution in [0, 0.1) is 0 Å². The number of carboxylic acids is 1. The Hall–Kier alpha value is -0.115. The molecule has 0 spiro atoms. The molecule has 0 saturated heterocycles. The summed E-state index contributed by atoms with van der Waals surface area (Å²) in [5.74, 6) is -0.298. The van der Waals surface area contributed by atoms with Crippen molar-refractivity contribution in [2.45, 2.75) is 6.42 Å². The lowest BCUT2D eigenvalue weighted by Gasteiger charge is -1.86. The van der Waals surface area contributed by atoms with Crippen LogP contribution in [0.5, 0.6) is 0 Å². The SMILES string of the molecule is [B]SCCC(=O)O. The van der Waals surface area contributed by atoms with Gasteiger partial charge in [0.15, 0.2) is 7.12 Å². The van der Waals surface area contributed by atoms with Crippen molar-refractivity contribution in [2.75, 3.05) is 5.75 Å². The Balaban J connectivity index is 2.82. The van der Waals surface area contributed by atoms with Crippen LogP contribution in [-0.4, -0.2) is 24.0 Å². The summed E-state index contributed by atoms with van der Waals surface area (Å²) in [5.41, 5.74) is 0. The number of rotatable bonds is 3. The van der Waals surface area contributed by atoms with E-state index in [1.807, 2.05) is 0 Å². The second-order valence-corrected chi connectivity index (χ2v) is 1.76. The van der Waals surface area contributed by atoms with Gasteiger partial charge in [-0.15, -0.1) is 0 Å². The average Bonchev–Trinajstić information content (AvgIpc) is 1.61. The molecule has 0 bridgehead atoms. The fraction of sp³-hybridized carbons (Fsp3) is 0.667. The molecule has 0 saturated carbocycles. The van der Waals surface area contributed by atoms with Crippen LogP contribution in [0.4, 0.5) is 0 Å². The summed E-state index contributed by atoms with van der Waals surface area (Å²) >= 11 is 1.05. The van der Waals surface area contributed by atoms with Gasteiger partial charge in [0.2, 0.25) is 0 Å². The number of carboxylic acid groups (broad SMARTS) is 1. The molecule has 0 amide bonds. The van der Waals surface area contributed by atoms with Gasteiger partial charge >= 0.3 is 5.97 Å². The largest absolute Gasteiger partial charge is 0.481 e. The lowest BCUT2D eigenvalue weighted by atomic mass is 10.5. The minimum Gasteiger partial charge on any atom is -0.481 e. The van der Waals surface area contributed by atoms with Crippen LogP contribution in [-0.2, 0) is 4.79 Å². The van der Waals surface area contributed by atoms with E-state index in [4.69, 9.17) is 12.2 Å². The second kappa shape index (κ2) is 4.05.